The fraction of sp³-hybridized carbons (Fsp3) is 0.857. The van der Waals surface area contributed by atoms with Crippen LogP contribution < -0.4 is 0 Å². The van der Waals surface area contributed by atoms with Crippen LogP contribution in [0, 0.1) is 0 Å². The summed E-state index contributed by atoms with van der Waals surface area (Å²) in [6.45, 7) is 2.88. The molecule has 0 unspecified atom stereocenters. The van der Waals surface area contributed by atoms with Crippen molar-refractivity contribution in [1.29, 1.82) is 0 Å². The number of aliphatic hydroxyl groups excluding tert-OH is 3. The van der Waals surface area contributed by atoms with E-state index in [2.05, 4.69) is 13.0 Å². The highest BCUT2D eigenvalue weighted by atomic mass is 16.6. The Hall–Kier alpha value is -0.460. The Labute approximate surface area is 114 Å². The molecule has 0 aromatic rings. The summed E-state index contributed by atoms with van der Waals surface area (Å²) in [4.78, 5) is 0. The zero-order chi connectivity index (χ0) is 14.1. The predicted molar refractivity (Wildman–Crippen MR) is 71.9 cm³/mol. The monoisotopic (exact) mass is 274 g/mol. The van der Waals surface area contributed by atoms with Crippen molar-refractivity contribution in [2.45, 2.75) is 57.0 Å². The maximum Gasteiger partial charge on any atom is 0.111 e. The van der Waals surface area contributed by atoms with Gasteiger partial charge in [0.25, 0.3) is 0 Å². The molecule has 1 aliphatic rings. The summed E-state index contributed by atoms with van der Waals surface area (Å²) in [5.41, 5.74) is 0. The molecule has 5 nitrogen and oxygen atoms in total. The molecule has 0 amide bonds. The Morgan fingerprint density at radius 3 is 2.68 bits per heavy atom. The van der Waals surface area contributed by atoms with Crippen LogP contribution in [0.4, 0.5) is 0 Å². The topological polar surface area (TPSA) is 79.2 Å². The second-order valence-corrected chi connectivity index (χ2v) is 4.92. The fourth-order valence-electron chi connectivity index (χ4n) is 1.96. The molecule has 0 saturated carbocycles. The summed E-state index contributed by atoms with van der Waals surface area (Å²) in [5.74, 6) is 0. The van der Waals surface area contributed by atoms with E-state index in [0.29, 0.717) is 6.61 Å². The molecule has 3 N–H and O–H groups in total. The number of hydrogen-bond donors (Lipinski definition) is 3. The summed E-state index contributed by atoms with van der Waals surface area (Å²) < 4.78 is 10.6. The van der Waals surface area contributed by atoms with Gasteiger partial charge in [-0.2, -0.15) is 0 Å². The molecule has 0 aromatic carbocycles. The highest BCUT2D eigenvalue weighted by Gasteiger charge is 2.37. The first kappa shape index (κ1) is 16.6. The lowest BCUT2D eigenvalue weighted by atomic mass is 10.0. The molecule has 0 bridgehead atoms. The van der Waals surface area contributed by atoms with Crippen LogP contribution in [0.2, 0.25) is 0 Å². The summed E-state index contributed by atoms with van der Waals surface area (Å²) in [7, 11) is 0. The highest BCUT2D eigenvalue weighted by molar-refractivity contribution is 4.87. The van der Waals surface area contributed by atoms with E-state index in [1.54, 1.807) is 0 Å². The van der Waals surface area contributed by atoms with Crippen LogP contribution in [-0.2, 0) is 9.47 Å². The molecular formula is C14H26O5. The van der Waals surface area contributed by atoms with Crippen LogP contribution in [0.1, 0.15) is 32.6 Å². The average Bonchev–Trinajstić information content (AvgIpc) is 2.41. The van der Waals surface area contributed by atoms with Crippen LogP contribution in [0.25, 0.3) is 0 Å². The van der Waals surface area contributed by atoms with Crippen molar-refractivity contribution >= 4 is 0 Å². The van der Waals surface area contributed by atoms with Crippen LogP contribution >= 0.6 is 0 Å². The van der Waals surface area contributed by atoms with E-state index in [1.165, 1.54) is 19.3 Å². The lowest BCUT2D eigenvalue weighted by Gasteiger charge is -2.34. The fourth-order valence-corrected chi connectivity index (χ4v) is 1.96. The van der Waals surface area contributed by atoms with Crippen molar-refractivity contribution in [3.63, 3.8) is 0 Å². The van der Waals surface area contributed by atoms with Crippen molar-refractivity contribution in [3.8, 4) is 0 Å². The van der Waals surface area contributed by atoms with E-state index >= 15 is 0 Å². The lowest BCUT2D eigenvalue weighted by Crippen LogP contribution is -2.54. The molecule has 1 heterocycles. The van der Waals surface area contributed by atoms with Gasteiger partial charge in [-0.3, -0.25) is 0 Å². The van der Waals surface area contributed by atoms with Gasteiger partial charge in [0.1, 0.15) is 24.4 Å². The van der Waals surface area contributed by atoms with Gasteiger partial charge in [-0.05, 0) is 12.8 Å². The maximum absolute atomic E-state index is 9.67. The minimum atomic E-state index is -1.16. The SMILES string of the molecule is CCCCC/C=C/COC[C@H]1OC[C@H](O)[C@@H](O)[C@@H]1O. The van der Waals surface area contributed by atoms with Crippen LogP contribution in [-0.4, -0.2) is 59.6 Å². The Bertz CT molecular complexity index is 256. The normalized spacial score (nSPS) is 32.0. The van der Waals surface area contributed by atoms with Crippen molar-refractivity contribution in [3.05, 3.63) is 12.2 Å². The van der Waals surface area contributed by atoms with Gasteiger partial charge in [-0.15, -0.1) is 0 Å². The molecule has 1 fully saturated rings. The highest BCUT2D eigenvalue weighted by Crippen LogP contribution is 2.15. The first-order valence-electron chi connectivity index (χ1n) is 7.05. The Balaban J connectivity index is 2.09. The molecule has 0 spiro atoms. The second kappa shape index (κ2) is 9.44. The Kier molecular flexibility index (Phi) is 8.25. The number of aliphatic hydroxyl groups is 3. The van der Waals surface area contributed by atoms with Gasteiger partial charge in [0.05, 0.1) is 19.8 Å². The van der Waals surface area contributed by atoms with Crippen molar-refractivity contribution in [2.24, 2.45) is 0 Å². The third kappa shape index (κ3) is 6.01. The minimum Gasteiger partial charge on any atom is -0.388 e. The van der Waals surface area contributed by atoms with E-state index < -0.39 is 24.4 Å². The molecule has 0 aromatic heterocycles. The first-order chi connectivity index (χ1) is 9.16. The van der Waals surface area contributed by atoms with Crippen molar-refractivity contribution in [1.82, 2.24) is 0 Å². The van der Waals surface area contributed by atoms with E-state index in [1.807, 2.05) is 6.08 Å². The van der Waals surface area contributed by atoms with E-state index in [9.17, 15) is 15.3 Å². The van der Waals surface area contributed by atoms with E-state index in [0.717, 1.165) is 6.42 Å². The maximum atomic E-state index is 9.67. The van der Waals surface area contributed by atoms with E-state index in [-0.39, 0.29) is 13.2 Å². The van der Waals surface area contributed by atoms with Crippen molar-refractivity contribution < 1.29 is 24.8 Å². The van der Waals surface area contributed by atoms with Crippen LogP contribution in [0.15, 0.2) is 12.2 Å². The summed E-state index contributed by atoms with van der Waals surface area (Å²) in [6, 6.07) is 0. The molecule has 4 atom stereocenters. The van der Waals surface area contributed by atoms with E-state index in [4.69, 9.17) is 9.47 Å². The van der Waals surface area contributed by atoms with Gasteiger partial charge in [0, 0.05) is 0 Å². The number of rotatable bonds is 8. The summed E-state index contributed by atoms with van der Waals surface area (Å²) in [6.07, 6.45) is 4.90. The minimum absolute atomic E-state index is 0.0269. The average molecular weight is 274 g/mol. The number of allylic oxidation sites excluding steroid dienone is 1. The number of hydrogen-bond acceptors (Lipinski definition) is 5. The number of ether oxygens (including phenoxy) is 2. The molecule has 112 valence electrons. The van der Waals surface area contributed by atoms with Gasteiger partial charge in [0.2, 0.25) is 0 Å². The second-order valence-electron chi connectivity index (χ2n) is 4.92. The summed E-state index contributed by atoms with van der Waals surface area (Å²) >= 11 is 0. The van der Waals surface area contributed by atoms with Gasteiger partial charge in [-0.25, -0.2) is 0 Å². The smallest absolute Gasteiger partial charge is 0.111 e. The van der Waals surface area contributed by atoms with Gasteiger partial charge >= 0.3 is 0 Å². The zero-order valence-corrected chi connectivity index (χ0v) is 11.6. The molecular weight excluding hydrogens is 248 g/mol. The van der Waals surface area contributed by atoms with Gasteiger partial charge < -0.3 is 24.8 Å². The molecule has 1 aliphatic heterocycles. The predicted octanol–water partition coefficient (Wildman–Crippen LogP) is 0.621. The molecule has 19 heavy (non-hydrogen) atoms. The molecule has 1 rings (SSSR count). The Morgan fingerprint density at radius 2 is 1.95 bits per heavy atom. The summed E-state index contributed by atoms with van der Waals surface area (Å²) in [5, 5.41) is 28.5. The lowest BCUT2D eigenvalue weighted by molar-refractivity contribution is -0.198. The van der Waals surface area contributed by atoms with Gasteiger partial charge in [-0.1, -0.05) is 31.9 Å². The zero-order valence-electron chi connectivity index (χ0n) is 11.6. The molecule has 1 saturated heterocycles. The third-order valence-electron chi connectivity index (χ3n) is 3.24. The molecule has 0 radical (unpaired) electrons. The Morgan fingerprint density at radius 1 is 1.16 bits per heavy atom. The molecule has 0 aliphatic carbocycles. The third-order valence-corrected chi connectivity index (χ3v) is 3.24. The first-order valence-corrected chi connectivity index (χ1v) is 7.05. The number of unbranched alkanes of at least 4 members (excludes halogenated alkanes) is 3. The van der Waals surface area contributed by atoms with Crippen molar-refractivity contribution in [2.75, 3.05) is 19.8 Å². The quantitative estimate of drug-likeness (QED) is 0.447. The standard InChI is InChI=1S/C14H26O5/c1-2-3-4-5-6-7-8-18-10-12-14(17)13(16)11(15)9-19-12/h6-7,11-17H,2-5,8-10H2,1H3/b7-6+/t11-,12+,13+,14+/m0/s1. The van der Waals surface area contributed by atoms with Crippen LogP contribution in [0.3, 0.4) is 0 Å². The van der Waals surface area contributed by atoms with Gasteiger partial charge in [0.15, 0.2) is 0 Å². The molecule has 5 heteroatoms. The van der Waals surface area contributed by atoms with Crippen LogP contribution in [0.5, 0.6) is 0 Å². The largest absolute Gasteiger partial charge is 0.388 e.